The third kappa shape index (κ3) is 11.0. The highest BCUT2D eigenvalue weighted by Crippen LogP contribution is 2.11. The van der Waals surface area contributed by atoms with Crippen LogP contribution in [-0.2, 0) is 9.53 Å². The van der Waals surface area contributed by atoms with Crippen molar-refractivity contribution in [1.82, 2.24) is 10.2 Å². The first-order valence-corrected chi connectivity index (χ1v) is 10.3. The molecule has 0 aliphatic carbocycles. The molecule has 0 aromatic carbocycles. The number of amides is 1. The van der Waals surface area contributed by atoms with E-state index in [1.54, 1.807) is 0 Å². The van der Waals surface area contributed by atoms with Crippen LogP contribution in [0.5, 0.6) is 0 Å². The van der Waals surface area contributed by atoms with E-state index in [1.165, 1.54) is 57.8 Å². The second kappa shape index (κ2) is 14.6. The zero-order valence-electron chi connectivity index (χ0n) is 15.5. The second-order valence-corrected chi connectivity index (χ2v) is 7.12. The lowest BCUT2D eigenvalue weighted by Crippen LogP contribution is -2.47. The van der Waals surface area contributed by atoms with Crippen LogP contribution in [0.1, 0.15) is 84.0 Å². The van der Waals surface area contributed by atoms with E-state index in [9.17, 15) is 4.79 Å². The Morgan fingerprint density at radius 1 is 0.917 bits per heavy atom. The Bertz CT molecular complexity index is 344. The maximum Gasteiger partial charge on any atom is 0.226 e. The molecule has 1 fully saturated rings. The van der Waals surface area contributed by atoms with Crippen LogP contribution in [0.4, 0.5) is 0 Å². The van der Waals surface area contributed by atoms with Crippen LogP contribution in [0.3, 0.4) is 0 Å². The minimum atomic E-state index is 0.0578. The summed E-state index contributed by atoms with van der Waals surface area (Å²) in [4.78, 5) is 13.9. The van der Waals surface area contributed by atoms with Gasteiger partial charge in [0.15, 0.2) is 5.11 Å². The molecule has 24 heavy (non-hydrogen) atoms. The Kier molecular flexibility index (Phi) is 13.0. The fourth-order valence-electron chi connectivity index (χ4n) is 2.98. The van der Waals surface area contributed by atoms with Crippen molar-refractivity contribution in [3.8, 4) is 0 Å². The smallest absolute Gasteiger partial charge is 0.226 e. The lowest BCUT2D eigenvalue weighted by atomic mass is 10.1. The van der Waals surface area contributed by atoms with Crippen LogP contribution < -0.4 is 5.32 Å². The fourth-order valence-corrected chi connectivity index (χ4v) is 3.27. The molecule has 4 nitrogen and oxygen atoms in total. The number of ether oxygens (including phenoxy) is 1. The molecule has 0 saturated carbocycles. The first-order valence-electron chi connectivity index (χ1n) is 9.90. The van der Waals surface area contributed by atoms with Crippen molar-refractivity contribution in [1.29, 1.82) is 0 Å². The topological polar surface area (TPSA) is 41.6 Å². The number of rotatable bonds is 12. The number of unbranched alkanes of at least 4 members (excludes halogenated alkanes) is 10. The molecule has 1 rings (SSSR count). The van der Waals surface area contributed by atoms with Crippen molar-refractivity contribution >= 4 is 23.2 Å². The monoisotopic (exact) mass is 356 g/mol. The molecule has 1 amide bonds. The number of thiocarbonyl (C=S) groups is 1. The molecular formula is C19H36N2O2S. The van der Waals surface area contributed by atoms with Crippen LogP contribution in [0.25, 0.3) is 0 Å². The molecule has 0 radical (unpaired) electrons. The quantitative estimate of drug-likeness (QED) is 0.415. The summed E-state index contributed by atoms with van der Waals surface area (Å²) in [5.41, 5.74) is 0. The molecule has 0 unspecified atom stereocenters. The lowest BCUT2D eigenvalue weighted by molar-refractivity contribution is -0.120. The average Bonchev–Trinajstić information content (AvgIpc) is 2.60. The molecule has 1 aliphatic rings. The van der Waals surface area contributed by atoms with Crippen LogP contribution >= 0.6 is 12.2 Å². The molecule has 0 spiro atoms. The number of nitrogens with zero attached hydrogens (tertiary/aromatic N) is 1. The Labute approximate surface area is 153 Å². The van der Waals surface area contributed by atoms with Gasteiger partial charge in [-0.1, -0.05) is 71.1 Å². The van der Waals surface area contributed by atoms with Crippen molar-refractivity contribution in [2.75, 3.05) is 26.3 Å². The molecule has 0 aromatic rings. The van der Waals surface area contributed by atoms with Gasteiger partial charge in [-0.05, 0) is 18.6 Å². The Hall–Kier alpha value is -0.680. The van der Waals surface area contributed by atoms with E-state index >= 15 is 0 Å². The highest BCUT2D eigenvalue weighted by atomic mass is 32.1. The lowest BCUT2D eigenvalue weighted by Gasteiger charge is -2.28. The van der Waals surface area contributed by atoms with Crippen molar-refractivity contribution in [3.05, 3.63) is 0 Å². The molecule has 0 atom stereocenters. The molecule has 0 aromatic heterocycles. The number of hydrogen-bond donors (Lipinski definition) is 1. The van der Waals surface area contributed by atoms with E-state index in [2.05, 4.69) is 12.2 Å². The highest BCUT2D eigenvalue weighted by Gasteiger charge is 2.15. The van der Waals surface area contributed by atoms with E-state index in [-0.39, 0.29) is 5.91 Å². The SMILES string of the molecule is CCCCCCCCCCCCCC(=O)NC(=S)N1CCOCC1. The molecule has 0 bridgehead atoms. The van der Waals surface area contributed by atoms with E-state index in [4.69, 9.17) is 17.0 Å². The largest absolute Gasteiger partial charge is 0.378 e. The van der Waals surface area contributed by atoms with Crippen LogP contribution in [0.15, 0.2) is 0 Å². The number of hydrogen-bond acceptors (Lipinski definition) is 3. The van der Waals surface area contributed by atoms with Gasteiger partial charge in [0.05, 0.1) is 13.2 Å². The third-order valence-electron chi connectivity index (χ3n) is 4.55. The van der Waals surface area contributed by atoms with Gasteiger partial charge in [0.2, 0.25) is 5.91 Å². The highest BCUT2D eigenvalue weighted by molar-refractivity contribution is 7.80. The van der Waals surface area contributed by atoms with Crippen molar-refractivity contribution in [2.45, 2.75) is 84.0 Å². The maximum atomic E-state index is 11.9. The first-order chi connectivity index (χ1) is 11.7. The predicted octanol–water partition coefficient (Wildman–Crippen LogP) is 4.42. The molecule has 140 valence electrons. The van der Waals surface area contributed by atoms with Crippen molar-refractivity contribution in [3.63, 3.8) is 0 Å². The molecular weight excluding hydrogens is 320 g/mol. The van der Waals surface area contributed by atoms with Gasteiger partial charge in [0, 0.05) is 19.5 Å². The van der Waals surface area contributed by atoms with E-state index in [0.29, 0.717) is 24.7 Å². The van der Waals surface area contributed by atoms with Gasteiger partial charge in [0.1, 0.15) is 0 Å². The Balaban J connectivity index is 1.88. The number of morpholine rings is 1. The zero-order valence-corrected chi connectivity index (χ0v) is 16.3. The van der Waals surface area contributed by atoms with E-state index < -0.39 is 0 Å². The van der Waals surface area contributed by atoms with Gasteiger partial charge in [-0.25, -0.2) is 0 Å². The number of nitrogens with one attached hydrogen (secondary N) is 1. The molecule has 1 heterocycles. The minimum Gasteiger partial charge on any atom is -0.378 e. The minimum absolute atomic E-state index is 0.0578. The summed E-state index contributed by atoms with van der Waals surface area (Å²) >= 11 is 5.28. The standard InChI is InChI=1S/C19H36N2O2S/c1-2-3-4-5-6-7-8-9-10-11-12-13-18(22)20-19(24)21-14-16-23-17-15-21/h2-17H2,1H3,(H,20,22,24). The molecule has 1 saturated heterocycles. The molecule has 1 aliphatic heterocycles. The summed E-state index contributed by atoms with van der Waals surface area (Å²) in [5, 5.41) is 3.41. The molecule has 5 heteroatoms. The maximum absolute atomic E-state index is 11.9. The first kappa shape index (κ1) is 21.4. The number of carbonyl (C=O) groups excluding carboxylic acids is 1. The van der Waals surface area contributed by atoms with Gasteiger partial charge >= 0.3 is 0 Å². The summed E-state index contributed by atoms with van der Waals surface area (Å²) in [5.74, 6) is 0.0578. The van der Waals surface area contributed by atoms with Gasteiger partial charge in [-0.2, -0.15) is 0 Å². The van der Waals surface area contributed by atoms with E-state index in [1.807, 2.05) is 4.90 Å². The Morgan fingerprint density at radius 2 is 1.42 bits per heavy atom. The normalized spacial score (nSPS) is 14.6. The zero-order chi connectivity index (χ0) is 17.5. The summed E-state index contributed by atoms with van der Waals surface area (Å²) < 4.78 is 5.28. The van der Waals surface area contributed by atoms with Crippen molar-refractivity contribution < 1.29 is 9.53 Å². The van der Waals surface area contributed by atoms with Gasteiger partial charge < -0.3 is 15.0 Å². The third-order valence-corrected chi connectivity index (χ3v) is 4.91. The fraction of sp³-hybridized carbons (Fsp3) is 0.895. The van der Waals surface area contributed by atoms with Crippen molar-refractivity contribution in [2.24, 2.45) is 0 Å². The van der Waals surface area contributed by atoms with Gasteiger partial charge in [-0.3, -0.25) is 4.79 Å². The summed E-state index contributed by atoms with van der Waals surface area (Å²) in [6.07, 6.45) is 14.9. The van der Waals surface area contributed by atoms with Gasteiger partial charge in [0.25, 0.3) is 0 Å². The summed E-state index contributed by atoms with van der Waals surface area (Å²) in [6.45, 7) is 5.19. The summed E-state index contributed by atoms with van der Waals surface area (Å²) in [7, 11) is 0. The van der Waals surface area contributed by atoms with Crippen LogP contribution in [0.2, 0.25) is 0 Å². The average molecular weight is 357 g/mol. The second-order valence-electron chi connectivity index (χ2n) is 6.74. The summed E-state index contributed by atoms with van der Waals surface area (Å²) in [6, 6.07) is 0. The predicted molar refractivity (Wildman–Crippen MR) is 104 cm³/mol. The Morgan fingerprint density at radius 3 is 1.96 bits per heavy atom. The van der Waals surface area contributed by atoms with Crippen LogP contribution in [-0.4, -0.2) is 42.2 Å². The van der Waals surface area contributed by atoms with Crippen LogP contribution in [0, 0.1) is 0 Å². The number of carbonyl (C=O) groups is 1. The molecule has 1 N–H and O–H groups in total. The van der Waals surface area contributed by atoms with E-state index in [0.717, 1.165) is 25.9 Å². The van der Waals surface area contributed by atoms with Gasteiger partial charge in [-0.15, -0.1) is 0 Å².